The summed E-state index contributed by atoms with van der Waals surface area (Å²) in [6.07, 6.45) is 3.95. The van der Waals surface area contributed by atoms with Crippen molar-refractivity contribution in [1.82, 2.24) is 9.80 Å². The average Bonchev–Trinajstić information content (AvgIpc) is 3.20. The van der Waals surface area contributed by atoms with Crippen LogP contribution < -0.4 is 4.74 Å². The summed E-state index contributed by atoms with van der Waals surface area (Å²) in [7, 11) is 1.65. The van der Waals surface area contributed by atoms with Crippen LogP contribution in [0.15, 0.2) is 48.5 Å². The van der Waals surface area contributed by atoms with Gasteiger partial charge in [-0.15, -0.1) is 0 Å². The molecule has 0 saturated carbocycles. The maximum absolute atomic E-state index is 12.8. The second-order valence-electron chi connectivity index (χ2n) is 8.25. The van der Waals surface area contributed by atoms with Gasteiger partial charge in [0.1, 0.15) is 5.75 Å². The van der Waals surface area contributed by atoms with E-state index in [0.29, 0.717) is 44.9 Å². The minimum Gasteiger partial charge on any atom is -0.497 e. The van der Waals surface area contributed by atoms with Crippen LogP contribution in [0, 0.1) is 0 Å². The molecular formula is C25H30N2O3. The normalized spacial score (nSPS) is 18.2. The van der Waals surface area contributed by atoms with Crippen LogP contribution in [0.25, 0.3) is 0 Å². The third-order valence-electron chi connectivity index (χ3n) is 6.45. The third-order valence-corrected chi connectivity index (χ3v) is 6.45. The summed E-state index contributed by atoms with van der Waals surface area (Å²) < 4.78 is 5.17. The Labute approximate surface area is 178 Å². The van der Waals surface area contributed by atoms with Crippen molar-refractivity contribution >= 4 is 11.8 Å². The molecule has 1 aliphatic heterocycles. The van der Waals surface area contributed by atoms with Gasteiger partial charge >= 0.3 is 0 Å². The van der Waals surface area contributed by atoms with Crippen LogP contribution >= 0.6 is 0 Å². The molecule has 30 heavy (non-hydrogen) atoms. The van der Waals surface area contributed by atoms with Crippen molar-refractivity contribution in [2.75, 3.05) is 33.3 Å². The van der Waals surface area contributed by atoms with Crippen LogP contribution in [0.1, 0.15) is 41.9 Å². The minimum atomic E-state index is 0.169. The van der Waals surface area contributed by atoms with Gasteiger partial charge in [-0.2, -0.15) is 0 Å². The number of methoxy groups -OCH3 is 1. The first-order valence-electron chi connectivity index (χ1n) is 10.9. The average molecular weight is 407 g/mol. The van der Waals surface area contributed by atoms with Crippen molar-refractivity contribution in [2.24, 2.45) is 0 Å². The van der Waals surface area contributed by atoms with E-state index in [1.165, 1.54) is 11.1 Å². The van der Waals surface area contributed by atoms with Crippen molar-refractivity contribution in [2.45, 2.75) is 38.0 Å². The second-order valence-corrected chi connectivity index (χ2v) is 8.25. The Morgan fingerprint density at radius 1 is 0.933 bits per heavy atom. The number of carbonyl (C=O) groups excluding carboxylic acids is 2. The first-order valence-corrected chi connectivity index (χ1v) is 10.9. The van der Waals surface area contributed by atoms with Gasteiger partial charge in [0, 0.05) is 39.0 Å². The maximum atomic E-state index is 12.8. The summed E-state index contributed by atoms with van der Waals surface area (Å²) >= 11 is 0. The molecular weight excluding hydrogens is 376 g/mol. The van der Waals surface area contributed by atoms with Crippen LogP contribution in [0.3, 0.4) is 0 Å². The summed E-state index contributed by atoms with van der Waals surface area (Å²) in [5.74, 6) is 1.56. The van der Waals surface area contributed by atoms with E-state index in [1.807, 2.05) is 34.1 Å². The molecule has 0 bridgehead atoms. The van der Waals surface area contributed by atoms with E-state index in [1.54, 1.807) is 7.11 Å². The van der Waals surface area contributed by atoms with Gasteiger partial charge in [-0.25, -0.2) is 0 Å². The summed E-state index contributed by atoms with van der Waals surface area (Å²) in [5.41, 5.74) is 3.87. The van der Waals surface area contributed by atoms with Gasteiger partial charge in [-0.1, -0.05) is 36.4 Å². The fraction of sp³-hybridized carbons (Fsp3) is 0.440. The highest BCUT2D eigenvalue weighted by atomic mass is 16.5. The molecule has 1 saturated heterocycles. The number of rotatable bonds is 6. The van der Waals surface area contributed by atoms with Gasteiger partial charge in [0.15, 0.2) is 0 Å². The Balaban J connectivity index is 1.22. The number of fused-ring (bicyclic) bond motifs is 1. The third kappa shape index (κ3) is 4.66. The van der Waals surface area contributed by atoms with E-state index in [-0.39, 0.29) is 11.8 Å². The second kappa shape index (κ2) is 9.33. The number of ether oxygens (including phenoxy) is 1. The minimum absolute atomic E-state index is 0.169. The number of nitrogens with zero attached hydrogens (tertiary/aromatic N) is 2. The fourth-order valence-corrected chi connectivity index (χ4v) is 4.60. The number of hydrogen-bond acceptors (Lipinski definition) is 3. The summed E-state index contributed by atoms with van der Waals surface area (Å²) in [6.45, 7) is 2.55. The van der Waals surface area contributed by atoms with Crippen molar-refractivity contribution in [3.63, 3.8) is 0 Å². The molecule has 0 spiro atoms. The summed E-state index contributed by atoms with van der Waals surface area (Å²) in [4.78, 5) is 29.2. The molecule has 1 heterocycles. The van der Waals surface area contributed by atoms with Crippen molar-refractivity contribution in [1.29, 1.82) is 0 Å². The van der Waals surface area contributed by atoms with Gasteiger partial charge in [0.05, 0.1) is 7.11 Å². The number of carbonyl (C=O) groups is 2. The molecule has 5 heteroatoms. The molecule has 1 aliphatic carbocycles. The number of aryl methyl sites for hydroxylation is 2. The molecule has 2 aromatic carbocycles. The zero-order valence-corrected chi connectivity index (χ0v) is 17.7. The topological polar surface area (TPSA) is 49.9 Å². The molecule has 2 aliphatic rings. The molecule has 1 atom stereocenters. The number of benzene rings is 2. The molecule has 2 amide bonds. The van der Waals surface area contributed by atoms with Crippen molar-refractivity contribution in [3.8, 4) is 5.75 Å². The fourth-order valence-electron chi connectivity index (χ4n) is 4.60. The summed E-state index contributed by atoms with van der Waals surface area (Å²) in [5, 5.41) is 0. The van der Waals surface area contributed by atoms with E-state index >= 15 is 0 Å². The first kappa shape index (κ1) is 20.5. The molecule has 5 nitrogen and oxygen atoms in total. The molecule has 158 valence electrons. The Bertz CT molecular complexity index is 886. The van der Waals surface area contributed by atoms with Gasteiger partial charge in [0.2, 0.25) is 11.8 Å². The van der Waals surface area contributed by atoms with Crippen molar-refractivity contribution < 1.29 is 14.3 Å². The van der Waals surface area contributed by atoms with Crippen LogP contribution in [0.4, 0.5) is 0 Å². The predicted molar refractivity (Wildman–Crippen MR) is 117 cm³/mol. The Hall–Kier alpha value is -2.82. The largest absolute Gasteiger partial charge is 0.497 e. The molecule has 4 rings (SSSR count). The van der Waals surface area contributed by atoms with E-state index in [9.17, 15) is 9.59 Å². The Kier molecular flexibility index (Phi) is 6.36. The highest BCUT2D eigenvalue weighted by Gasteiger charge is 2.28. The van der Waals surface area contributed by atoms with Crippen LogP contribution in [0.2, 0.25) is 0 Å². The van der Waals surface area contributed by atoms with Crippen LogP contribution in [0.5, 0.6) is 5.75 Å². The highest BCUT2D eigenvalue weighted by Crippen LogP contribution is 2.35. The van der Waals surface area contributed by atoms with Crippen LogP contribution in [-0.4, -0.2) is 54.9 Å². The van der Waals surface area contributed by atoms with Gasteiger partial charge in [-0.3, -0.25) is 9.59 Å². The number of amides is 2. The van der Waals surface area contributed by atoms with Gasteiger partial charge in [-0.05, 0) is 54.0 Å². The first-order chi connectivity index (χ1) is 14.6. The van der Waals surface area contributed by atoms with E-state index in [4.69, 9.17) is 4.74 Å². The lowest BCUT2D eigenvalue weighted by molar-refractivity contribution is -0.139. The lowest BCUT2D eigenvalue weighted by atomic mass is 9.97. The van der Waals surface area contributed by atoms with Crippen molar-refractivity contribution in [3.05, 3.63) is 65.2 Å². The zero-order chi connectivity index (χ0) is 20.9. The molecule has 0 N–H and O–H groups in total. The molecule has 2 aromatic rings. The predicted octanol–water partition coefficient (Wildman–Crippen LogP) is 3.42. The van der Waals surface area contributed by atoms with Gasteiger partial charge < -0.3 is 14.5 Å². The number of hydrogen-bond donors (Lipinski definition) is 0. The smallest absolute Gasteiger partial charge is 0.223 e. The van der Waals surface area contributed by atoms with E-state index in [0.717, 1.165) is 30.6 Å². The lowest BCUT2D eigenvalue weighted by Crippen LogP contribution is -2.50. The maximum Gasteiger partial charge on any atom is 0.223 e. The quantitative estimate of drug-likeness (QED) is 0.739. The Morgan fingerprint density at radius 2 is 1.60 bits per heavy atom. The highest BCUT2D eigenvalue weighted by molar-refractivity contribution is 5.79. The molecule has 1 unspecified atom stereocenters. The number of piperazine rings is 1. The summed E-state index contributed by atoms with van der Waals surface area (Å²) in [6, 6.07) is 16.3. The van der Waals surface area contributed by atoms with E-state index < -0.39 is 0 Å². The molecule has 1 fully saturated rings. The standard InChI is InChI=1S/C25H30N2O3/c1-30-22-11-6-19(7-12-22)8-13-24(28)26-14-16-27(17-15-26)25(29)18-21-10-9-20-4-2-3-5-23(20)21/h2-7,11-12,21H,8-10,13-18H2,1H3. The SMILES string of the molecule is COc1ccc(CCC(=O)N2CCN(C(=O)CC3CCc4ccccc43)CC2)cc1. The molecule has 0 radical (unpaired) electrons. The monoisotopic (exact) mass is 406 g/mol. The van der Waals surface area contributed by atoms with Crippen LogP contribution in [-0.2, 0) is 22.4 Å². The molecule has 0 aromatic heterocycles. The lowest BCUT2D eigenvalue weighted by Gasteiger charge is -2.35. The van der Waals surface area contributed by atoms with E-state index in [2.05, 4.69) is 24.3 Å². The van der Waals surface area contributed by atoms with Gasteiger partial charge in [0.25, 0.3) is 0 Å². The zero-order valence-electron chi connectivity index (χ0n) is 17.7. The Morgan fingerprint density at radius 3 is 2.30 bits per heavy atom.